The molecule has 2 aromatic rings. The van der Waals surface area contributed by atoms with E-state index in [9.17, 15) is 4.79 Å². The first kappa shape index (κ1) is 17.0. The van der Waals surface area contributed by atoms with Crippen LogP contribution in [0.25, 0.3) is 6.08 Å². The molecule has 25 heavy (non-hydrogen) atoms. The van der Waals surface area contributed by atoms with E-state index in [1.165, 1.54) is 11.8 Å². The number of thioether (sulfide) groups is 1. The number of benzene rings is 2. The van der Waals surface area contributed by atoms with E-state index < -0.39 is 0 Å². The van der Waals surface area contributed by atoms with Crippen molar-refractivity contribution >= 4 is 28.9 Å². The molecule has 2 aromatic carbocycles. The van der Waals surface area contributed by atoms with Crippen LogP contribution in [0, 0.1) is 0 Å². The molecule has 0 saturated carbocycles. The first-order valence-corrected chi connectivity index (χ1v) is 8.86. The molecule has 5 heteroatoms. The Kier molecular flexibility index (Phi) is 5.69. The average Bonchev–Trinajstić information content (AvgIpc) is 2.99. The monoisotopic (exact) mass is 349 g/mol. The number of carbonyl (C=O) groups excluding carboxylic acids is 1. The van der Waals surface area contributed by atoms with Gasteiger partial charge in [-0.1, -0.05) is 85.1 Å². The summed E-state index contributed by atoms with van der Waals surface area (Å²) in [6.07, 6.45) is 4.49. The Bertz CT molecular complexity index is 800. The number of rotatable bonds is 6. The third-order valence-electron chi connectivity index (χ3n) is 3.62. The van der Waals surface area contributed by atoms with E-state index in [0.29, 0.717) is 17.3 Å². The van der Waals surface area contributed by atoms with Crippen LogP contribution in [-0.4, -0.2) is 16.3 Å². The molecule has 3 rings (SSSR count). The minimum absolute atomic E-state index is 0.0140. The van der Waals surface area contributed by atoms with Gasteiger partial charge >= 0.3 is 0 Å². The second-order valence-corrected chi connectivity index (χ2v) is 6.77. The fourth-order valence-corrected chi connectivity index (χ4v) is 3.31. The Balaban J connectivity index is 1.53. The van der Waals surface area contributed by atoms with Crippen LogP contribution in [0.4, 0.5) is 0 Å². The highest BCUT2D eigenvalue weighted by Gasteiger charge is 2.30. The highest BCUT2D eigenvalue weighted by Crippen LogP contribution is 2.23. The Morgan fingerprint density at radius 1 is 1.16 bits per heavy atom. The van der Waals surface area contributed by atoms with Crippen LogP contribution in [0.2, 0.25) is 0 Å². The fourth-order valence-electron chi connectivity index (χ4n) is 2.34. The lowest BCUT2D eigenvalue weighted by Gasteiger charge is -2.04. The zero-order chi connectivity index (χ0) is 17.5. The van der Waals surface area contributed by atoms with Gasteiger partial charge in [-0.15, -0.1) is 5.10 Å². The Labute approximate surface area is 151 Å². The van der Waals surface area contributed by atoms with Crippen LogP contribution in [0.3, 0.4) is 0 Å². The zero-order valence-electron chi connectivity index (χ0n) is 13.7. The van der Waals surface area contributed by atoms with Crippen molar-refractivity contribution in [3.8, 4) is 0 Å². The predicted molar refractivity (Wildman–Crippen MR) is 105 cm³/mol. The molecule has 0 unspecified atom stereocenters. The van der Waals surface area contributed by atoms with Crippen LogP contribution >= 0.6 is 11.8 Å². The SMILES string of the molecule is C=C(/C=C/c1ccccc1)N/N=C1\NC(=O)[C@H](Cc2ccccc2)S1. The van der Waals surface area contributed by atoms with E-state index in [1.807, 2.05) is 72.8 Å². The van der Waals surface area contributed by atoms with Gasteiger partial charge in [-0.3, -0.25) is 10.2 Å². The third kappa shape index (κ3) is 5.09. The topological polar surface area (TPSA) is 53.5 Å². The molecule has 1 heterocycles. The molecule has 1 aliphatic heterocycles. The number of carbonyl (C=O) groups is 1. The van der Waals surface area contributed by atoms with Gasteiger partial charge in [0.2, 0.25) is 5.91 Å². The maximum absolute atomic E-state index is 12.1. The van der Waals surface area contributed by atoms with E-state index in [0.717, 1.165) is 11.1 Å². The van der Waals surface area contributed by atoms with Crippen molar-refractivity contribution in [1.82, 2.24) is 10.7 Å². The second kappa shape index (κ2) is 8.35. The van der Waals surface area contributed by atoms with Gasteiger partial charge in [0.15, 0.2) is 5.17 Å². The van der Waals surface area contributed by atoms with Gasteiger partial charge in [0, 0.05) is 5.70 Å². The summed E-state index contributed by atoms with van der Waals surface area (Å²) in [6.45, 7) is 3.91. The van der Waals surface area contributed by atoms with Crippen molar-refractivity contribution < 1.29 is 4.79 Å². The molecular weight excluding hydrogens is 330 g/mol. The Morgan fingerprint density at radius 3 is 2.56 bits per heavy atom. The molecule has 0 aromatic heterocycles. The minimum Gasteiger partial charge on any atom is -0.303 e. The summed E-state index contributed by atoms with van der Waals surface area (Å²) in [5.74, 6) is -0.0140. The van der Waals surface area contributed by atoms with Crippen molar-refractivity contribution in [2.45, 2.75) is 11.7 Å². The molecule has 0 bridgehead atoms. The largest absolute Gasteiger partial charge is 0.303 e. The summed E-state index contributed by atoms with van der Waals surface area (Å²) >= 11 is 1.43. The highest BCUT2D eigenvalue weighted by atomic mass is 32.2. The van der Waals surface area contributed by atoms with Crippen LogP contribution < -0.4 is 10.7 Å². The van der Waals surface area contributed by atoms with Crippen molar-refractivity contribution in [2.24, 2.45) is 5.10 Å². The van der Waals surface area contributed by atoms with Crippen molar-refractivity contribution in [3.63, 3.8) is 0 Å². The van der Waals surface area contributed by atoms with Crippen LogP contribution in [0.15, 0.2) is 84.1 Å². The lowest BCUT2D eigenvalue weighted by atomic mass is 10.1. The number of hydrogen-bond acceptors (Lipinski definition) is 4. The highest BCUT2D eigenvalue weighted by molar-refractivity contribution is 8.15. The summed E-state index contributed by atoms with van der Waals surface area (Å²) in [4.78, 5) is 12.1. The third-order valence-corrected chi connectivity index (χ3v) is 4.70. The molecule has 1 atom stereocenters. The number of amidine groups is 1. The smallest absolute Gasteiger partial charge is 0.239 e. The molecule has 1 saturated heterocycles. The van der Waals surface area contributed by atoms with Crippen molar-refractivity contribution in [2.75, 3.05) is 0 Å². The number of allylic oxidation sites excluding steroid dienone is 1. The molecule has 0 radical (unpaired) electrons. The number of nitrogens with one attached hydrogen (secondary N) is 2. The van der Waals surface area contributed by atoms with Crippen LogP contribution in [-0.2, 0) is 11.2 Å². The zero-order valence-corrected chi connectivity index (χ0v) is 14.5. The maximum atomic E-state index is 12.1. The first-order chi connectivity index (χ1) is 12.2. The molecule has 126 valence electrons. The Morgan fingerprint density at radius 2 is 1.84 bits per heavy atom. The van der Waals surface area contributed by atoms with Gasteiger partial charge in [0.05, 0.1) is 5.25 Å². The standard InChI is InChI=1S/C20H19N3OS/c1-15(12-13-16-8-4-2-5-9-16)22-23-20-21-19(24)18(25-20)14-17-10-6-3-7-11-17/h2-13,18,22H,1,14H2,(H,21,23,24)/b13-12+/t18-/m0/s1. The van der Waals surface area contributed by atoms with Crippen molar-refractivity contribution in [3.05, 3.63) is 90.1 Å². The molecule has 1 fully saturated rings. The number of hydrazone groups is 1. The van der Waals surface area contributed by atoms with Crippen LogP contribution in [0.1, 0.15) is 11.1 Å². The van der Waals surface area contributed by atoms with Crippen molar-refractivity contribution in [1.29, 1.82) is 0 Å². The van der Waals surface area contributed by atoms with Gasteiger partial charge in [0.1, 0.15) is 0 Å². The quantitative estimate of drug-likeness (QED) is 0.619. The molecule has 2 N–H and O–H groups in total. The maximum Gasteiger partial charge on any atom is 0.239 e. The molecule has 4 nitrogen and oxygen atoms in total. The fraction of sp³-hybridized carbons (Fsp3) is 0.100. The number of hydrogen-bond donors (Lipinski definition) is 2. The van der Waals surface area contributed by atoms with Gasteiger partial charge in [-0.05, 0) is 23.6 Å². The van der Waals surface area contributed by atoms with Crippen LogP contribution in [0.5, 0.6) is 0 Å². The summed E-state index contributed by atoms with van der Waals surface area (Å²) in [5, 5.41) is 7.44. The van der Waals surface area contributed by atoms with E-state index >= 15 is 0 Å². The second-order valence-electron chi connectivity index (χ2n) is 5.58. The van der Waals surface area contributed by atoms with Gasteiger partial charge < -0.3 is 5.32 Å². The van der Waals surface area contributed by atoms with Gasteiger partial charge in [-0.2, -0.15) is 0 Å². The van der Waals surface area contributed by atoms with Gasteiger partial charge in [0.25, 0.3) is 0 Å². The number of amides is 1. The summed E-state index contributed by atoms with van der Waals surface area (Å²) in [5.41, 5.74) is 5.75. The van der Waals surface area contributed by atoms with E-state index in [-0.39, 0.29) is 11.2 Å². The minimum atomic E-state index is -0.156. The lowest BCUT2D eigenvalue weighted by Crippen LogP contribution is -2.26. The molecule has 0 spiro atoms. The molecule has 1 amide bonds. The average molecular weight is 349 g/mol. The number of nitrogens with zero attached hydrogens (tertiary/aromatic N) is 1. The molecular formula is C20H19N3OS. The van der Waals surface area contributed by atoms with E-state index in [2.05, 4.69) is 22.4 Å². The summed E-state index contributed by atoms with van der Waals surface area (Å²) in [7, 11) is 0. The summed E-state index contributed by atoms with van der Waals surface area (Å²) in [6, 6.07) is 19.9. The predicted octanol–water partition coefficient (Wildman–Crippen LogP) is 3.55. The van der Waals surface area contributed by atoms with Gasteiger partial charge in [-0.25, -0.2) is 0 Å². The normalized spacial score (nSPS) is 18.5. The Hall–Kier alpha value is -2.79. The lowest BCUT2D eigenvalue weighted by molar-refractivity contribution is -0.118. The molecule has 0 aliphatic carbocycles. The van der Waals surface area contributed by atoms with E-state index in [1.54, 1.807) is 0 Å². The van der Waals surface area contributed by atoms with E-state index in [4.69, 9.17) is 0 Å². The molecule has 1 aliphatic rings. The first-order valence-electron chi connectivity index (χ1n) is 7.98. The summed E-state index contributed by atoms with van der Waals surface area (Å²) < 4.78 is 0.